The number of aliphatic imine (C=N–C) groups is 1. The molecule has 6 heteroatoms. The van der Waals surface area contributed by atoms with Crippen LogP contribution in [-0.2, 0) is 4.74 Å². The number of nitrogens with two attached hydrogens (primary N) is 1. The fourth-order valence-corrected chi connectivity index (χ4v) is 1.05. The summed E-state index contributed by atoms with van der Waals surface area (Å²) in [6.07, 6.45) is 4.71. The number of methoxy groups -OCH3 is 1. The van der Waals surface area contributed by atoms with Crippen LogP contribution in [0, 0.1) is 0 Å². The summed E-state index contributed by atoms with van der Waals surface area (Å²) in [4.78, 5) is 4.14. The molecule has 0 aliphatic carbocycles. The number of quaternary nitrogens is 2. The van der Waals surface area contributed by atoms with Crippen molar-refractivity contribution in [1.29, 1.82) is 0 Å². The summed E-state index contributed by atoms with van der Waals surface area (Å²) < 4.78 is 4.96. The van der Waals surface area contributed by atoms with E-state index in [-0.39, 0.29) is 24.8 Å². The smallest absolute Gasteiger partial charge is 0.191 e. The molecule has 78 valence electrons. The molecular weight excluding hydrogens is 213 g/mol. The Bertz CT molecular complexity index is 185. The van der Waals surface area contributed by atoms with Crippen molar-refractivity contribution in [2.45, 2.75) is 12.5 Å². The summed E-state index contributed by atoms with van der Waals surface area (Å²) in [7, 11) is 1.69. The largest absolute Gasteiger partial charge is 1.00 e. The fraction of sp³-hybridized carbons (Fsp3) is 0.571. The van der Waals surface area contributed by atoms with Crippen LogP contribution in [0.3, 0.4) is 0 Å². The highest BCUT2D eigenvalue weighted by Crippen LogP contribution is 2.03. The zero-order chi connectivity index (χ0) is 8.10. The van der Waals surface area contributed by atoms with Crippen LogP contribution < -0.4 is 35.9 Å². The summed E-state index contributed by atoms with van der Waals surface area (Å²) in [6.45, 7) is 0.701. The molecule has 0 fully saturated rings. The van der Waals surface area contributed by atoms with Crippen LogP contribution in [0.15, 0.2) is 16.9 Å². The number of nitrogens with zero attached hydrogens (tertiary/aromatic N) is 1. The number of ether oxygens (including phenoxy) is 1. The van der Waals surface area contributed by atoms with Gasteiger partial charge in [0, 0.05) is 13.5 Å². The van der Waals surface area contributed by atoms with Crippen molar-refractivity contribution in [3.05, 3.63) is 11.9 Å². The zero-order valence-corrected chi connectivity index (χ0v) is 9.05. The summed E-state index contributed by atoms with van der Waals surface area (Å²) >= 11 is 0. The van der Waals surface area contributed by atoms with Crippen LogP contribution in [0.25, 0.3) is 0 Å². The maximum absolute atomic E-state index is 4.96. The minimum absolute atomic E-state index is 0. The van der Waals surface area contributed by atoms with Gasteiger partial charge < -0.3 is 35.3 Å². The van der Waals surface area contributed by atoms with E-state index in [2.05, 4.69) is 10.7 Å². The van der Waals surface area contributed by atoms with Gasteiger partial charge in [-0.25, -0.2) is 4.99 Å². The van der Waals surface area contributed by atoms with Gasteiger partial charge in [0.25, 0.3) is 0 Å². The van der Waals surface area contributed by atoms with E-state index >= 15 is 0 Å². The van der Waals surface area contributed by atoms with Crippen molar-refractivity contribution in [2.75, 3.05) is 13.7 Å². The van der Waals surface area contributed by atoms with Crippen LogP contribution >= 0.6 is 0 Å². The first-order valence-corrected chi connectivity index (χ1v) is 3.71. The van der Waals surface area contributed by atoms with Gasteiger partial charge in [0.1, 0.15) is 17.9 Å². The van der Waals surface area contributed by atoms with Crippen molar-refractivity contribution in [3.63, 3.8) is 0 Å². The zero-order valence-electron chi connectivity index (χ0n) is 7.54. The molecule has 1 aliphatic rings. The second-order valence-electron chi connectivity index (χ2n) is 2.65. The van der Waals surface area contributed by atoms with E-state index in [1.807, 2.05) is 11.5 Å². The summed E-state index contributed by atoms with van der Waals surface area (Å²) in [6, 6.07) is 0.315. The maximum Gasteiger partial charge on any atom is 0.191 e. The lowest BCUT2D eigenvalue weighted by Gasteiger charge is -2.03. The Hall–Kier alpha value is -0.130. The topological polar surface area (TPSA) is 65.8 Å². The van der Waals surface area contributed by atoms with Gasteiger partial charge in [-0.05, 0) is 0 Å². The molecule has 0 spiro atoms. The van der Waals surface area contributed by atoms with Crippen molar-refractivity contribution < 1.29 is 40.6 Å². The predicted molar refractivity (Wildman–Crippen MR) is 41.7 cm³/mol. The van der Waals surface area contributed by atoms with Gasteiger partial charge in [0.15, 0.2) is 6.34 Å². The lowest BCUT2D eigenvalue weighted by molar-refractivity contribution is -0.449. The Morgan fingerprint density at radius 2 is 2.31 bits per heavy atom. The SMILES string of the molecule is COC[C@@H]([NH3+])CC1=C[NH2+]C=N1.[Cl-].[Cl-]. The first kappa shape index (κ1) is 15.3. The molecule has 5 N–H and O–H groups in total. The van der Waals surface area contributed by atoms with Gasteiger partial charge in [0.2, 0.25) is 0 Å². The maximum atomic E-state index is 4.96. The molecule has 0 aromatic carbocycles. The van der Waals surface area contributed by atoms with Crippen molar-refractivity contribution in [1.82, 2.24) is 0 Å². The number of rotatable bonds is 4. The van der Waals surface area contributed by atoms with Crippen LogP contribution in [0.4, 0.5) is 0 Å². The highest BCUT2D eigenvalue weighted by molar-refractivity contribution is 5.47. The van der Waals surface area contributed by atoms with Crippen LogP contribution in [-0.4, -0.2) is 26.1 Å². The molecule has 1 atom stereocenters. The average Bonchev–Trinajstić information content (AvgIpc) is 2.40. The normalized spacial score (nSPS) is 15.7. The second kappa shape index (κ2) is 8.47. The second-order valence-corrected chi connectivity index (χ2v) is 2.65. The molecule has 0 saturated carbocycles. The molecule has 1 rings (SSSR count). The van der Waals surface area contributed by atoms with Gasteiger partial charge in [0.05, 0.1) is 6.61 Å². The Morgan fingerprint density at radius 3 is 2.77 bits per heavy atom. The fourth-order valence-electron chi connectivity index (χ4n) is 1.05. The average molecular weight is 228 g/mol. The molecule has 1 heterocycles. The van der Waals surface area contributed by atoms with E-state index in [1.54, 1.807) is 13.4 Å². The molecule has 0 aromatic heterocycles. The van der Waals surface area contributed by atoms with Gasteiger partial charge >= 0.3 is 0 Å². The van der Waals surface area contributed by atoms with Crippen LogP contribution in [0.2, 0.25) is 0 Å². The van der Waals surface area contributed by atoms with E-state index in [0.717, 1.165) is 12.1 Å². The first-order valence-electron chi connectivity index (χ1n) is 3.71. The molecular formula is C7H15Cl2N3O. The minimum atomic E-state index is 0. The van der Waals surface area contributed by atoms with Crippen molar-refractivity contribution in [3.8, 4) is 0 Å². The number of hydrogen-bond acceptors (Lipinski definition) is 2. The van der Waals surface area contributed by atoms with Crippen LogP contribution in [0.1, 0.15) is 6.42 Å². The lowest BCUT2D eigenvalue weighted by Crippen LogP contribution is -3.00. The van der Waals surface area contributed by atoms with E-state index in [1.165, 1.54) is 0 Å². The summed E-state index contributed by atoms with van der Waals surface area (Å²) in [5.74, 6) is 0. The van der Waals surface area contributed by atoms with Crippen molar-refractivity contribution >= 4 is 6.34 Å². The quantitative estimate of drug-likeness (QED) is 0.493. The Labute approximate surface area is 90.4 Å². The molecule has 0 aromatic rings. The third-order valence-electron chi connectivity index (χ3n) is 1.52. The van der Waals surface area contributed by atoms with E-state index in [4.69, 9.17) is 4.74 Å². The summed E-state index contributed by atoms with van der Waals surface area (Å²) in [5, 5.41) is 1.94. The van der Waals surface area contributed by atoms with Gasteiger partial charge in [-0.2, -0.15) is 0 Å². The molecule has 4 nitrogen and oxygen atoms in total. The van der Waals surface area contributed by atoms with E-state index in [0.29, 0.717) is 12.6 Å². The standard InChI is InChI=1S/C7H13N3O.2ClH/c1-11-4-6(8)2-7-3-9-5-10-7;;/h3,5-6H,2,4,8H2,1H3,(H,9,10);2*1H/t6-;;/m0../s1. The molecule has 0 saturated heterocycles. The summed E-state index contributed by atoms with van der Waals surface area (Å²) in [5.41, 5.74) is 5.04. The van der Waals surface area contributed by atoms with E-state index < -0.39 is 0 Å². The monoisotopic (exact) mass is 227 g/mol. The Balaban J connectivity index is 0. The van der Waals surface area contributed by atoms with Gasteiger partial charge in [-0.1, -0.05) is 0 Å². The first-order chi connectivity index (χ1) is 5.33. The third-order valence-corrected chi connectivity index (χ3v) is 1.52. The highest BCUT2D eigenvalue weighted by atomic mass is 35.5. The molecule has 0 unspecified atom stereocenters. The number of hydrogen-bond donors (Lipinski definition) is 2. The molecule has 0 bridgehead atoms. The predicted octanol–water partition coefficient (Wildman–Crippen LogP) is -7.91. The van der Waals surface area contributed by atoms with Gasteiger partial charge in [-0.3, -0.25) is 5.32 Å². The molecule has 0 amide bonds. The molecule has 13 heavy (non-hydrogen) atoms. The van der Waals surface area contributed by atoms with Gasteiger partial charge in [-0.15, -0.1) is 0 Å². The number of halogens is 2. The van der Waals surface area contributed by atoms with Crippen molar-refractivity contribution in [2.24, 2.45) is 4.99 Å². The third kappa shape index (κ3) is 6.01. The molecule has 1 aliphatic heterocycles. The van der Waals surface area contributed by atoms with Crippen LogP contribution in [0.5, 0.6) is 0 Å². The van der Waals surface area contributed by atoms with E-state index in [9.17, 15) is 0 Å². The lowest BCUT2D eigenvalue weighted by atomic mass is 10.2. The Kier molecular flexibility index (Phi) is 10.00. The Morgan fingerprint density at radius 1 is 1.62 bits per heavy atom. The molecule has 0 radical (unpaired) electrons. The highest BCUT2D eigenvalue weighted by Gasteiger charge is 2.11. The minimum Gasteiger partial charge on any atom is -1.00 e.